The van der Waals surface area contributed by atoms with Crippen molar-refractivity contribution in [1.82, 2.24) is 0 Å². The summed E-state index contributed by atoms with van der Waals surface area (Å²) in [5.74, 6) is 0. The van der Waals surface area contributed by atoms with E-state index < -0.39 is 6.10 Å². The van der Waals surface area contributed by atoms with Crippen molar-refractivity contribution in [3.8, 4) is 0 Å². The van der Waals surface area contributed by atoms with Crippen molar-refractivity contribution in [3.63, 3.8) is 0 Å². The molecule has 0 fully saturated rings. The maximum atomic E-state index is 9.13. The highest BCUT2D eigenvalue weighted by Gasteiger charge is 2.00. The van der Waals surface area contributed by atoms with Crippen LogP contribution in [0.25, 0.3) is 0 Å². The van der Waals surface area contributed by atoms with Crippen molar-refractivity contribution >= 4 is 0 Å². The van der Waals surface area contributed by atoms with Crippen molar-refractivity contribution in [3.05, 3.63) is 0 Å². The van der Waals surface area contributed by atoms with Gasteiger partial charge in [0.05, 0.1) is 13.2 Å². The van der Waals surface area contributed by atoms with Gasteiger partial charge in [0.15, 0.2) is 0 Å². The number of aliphatic hydroxyl groups is 2. The molecule has 3 heteroatoms. The summed E-state index contributed by atoms with van der Waals surface area (Å²) in [5, 5.41) is 17.8. The first-order chi connectivity index (χ1) is 12.8. The van der Waals surface area contributed by atoms with Crippen molar-refractivity contribution in [2.45, 2.75) is 129 Å². The molecule has 0 saturated heterocycles. The molecule has 2 N–H and O–H groups in total. The number of aliphatic hydroxyl groups excluding tert-OH is 2. The van der Waals surface area contributed by atoms with Crippen LogP contribution in [-0.2, 0) is 4.74 Å². The van der Waals surface area contributed by atoms with Gasteiger partial charge in [-0.1, -0.05) is 116 Å². The molecule has 0 bridgehead atoms. The van der Waals surface area contributed by atoms with Crippen LogP contribution >= 0.6 is 0 Å². The van der Waals surface area contributed by atoms with Gasteiger partial charge in [-0.2, -0.15) is 0 Å². The van der Waals surface area contributed by atoms with E-state index in [9.17, 15) is 0 Å². The molecule has 0 radical (unpaired) electrons. The summed E-state index contributed by atoms with van der Waals surface area (Å²) in [6.45, 7) is 3.04. The Morgan fingerprint density at radius 1 is 0.577 bits per heavy atom. The topological polar surface area (TPSA) is 49.7 Å². The van der Waals surface area contributed by atoms with E-state index in [4.69, 9.17) is 14.9 Å². The maximum Gasteiger partial charge on any atom is 0.100 e. The van der Waals surface area contributed by atoms with Crippen molar-refractivity contribution in [2.75, 3.05) is 19.8 Å². The standard InChI is InChI=1S/C23H48O3/c1-2-3-4-5-6-7-8-9-10-11-12-13-14-15-16-17-18-19-20-26-22-23(25)21-24/h23-25H,2-22H2,1H3/t23-/m1/s1. The van der Waals surface area contributed by atoms with E-state index >= 15 is 0 Å². The van der Waals surface area contributed by atoms with E-state index in [1.807, 2.05) is 0 Å². The number of hydrogen-bond donors (Lipinski definition) is 2. The molecule has 0 aliphatic rings. The van der Waals surface area contributed by atoms with Crippen LogP contribution in [0.1, 0.15) is 122 Å². The highest BCUT2D eigenvalue weighted by molar-refractivity contribution is 4.51. The van der Waals surface area contributed by atoms with Crippen LogP contribution in [0.2, 0.25) is 0 Å². The molecule has 0 amide bonds. The van der Waals surface area contributed by atoms with E-state index in [1.165, 1.54) is 109 Å². The van der Waals surface area contributed by atoms with Crippen LogP contribution in [0.3, 0.4) is 0 Å². The fourth-order valence-electron chi connectivity index (χ4n) is 3.38. The van der Waals surface area contributed by atoms with E-state index in [1.54, 1.807) is 0 Å². The first-order valence-corrected chi connectivity index (χ1v) is 11.7. The third-order valence-electron chi connectivity index (χ3n) is 5.16. The molecular weight excluding hydrogens is 324 g/mol. The molecule has 0 unspecified atom stereocenters. The summed E-state index contributed by atoms with van der Waals surface area (Å²) in [6, 6.07) is 0. The van der Waals surface area contributed by atoms with E-state index in [0.717, 1.165) is 6.42 Å². The van der Waals surface area contributed by atoms with Crippen molar-refractivity contribution in [1.29, 1.82) is 0 Å². The predicted molar refractivity (Wildman–Crippen MR) is 113 cm³/mol. The fourth-order valence-corrected chi connectivity index (χ4v) is 3.38. The Morgan fingerprint density at radius 2 is 0.923 bits per heavy atom. The number of ether oxygens (including phenoxy) is 1. The summed E-state index contributed by atoms with van der Waals surface area (Å²) in [4.78, 5) is 0. The lowest BCUT2D eigenvalue weighted by molar-refractivity contribution is 0.00526. The van der Waals surface area contributed by atoms with Crippen LogP contribution in [0.4, 0.5) is 0 Å². The van der Waals surface area contributed by atoms with Gasteiger partial charge in [0, 0.05) is 6.61 Å². The zero-order valence-corrected chi connectivity index (χ0v) is 17.7. The van der Waals surface area contributed by atoms with Gasteiger partial charge in [-0.15, -0.1) is 0 Å². The highest BCUT2D eigenvalue weighted by Crippen LogP contribution is 2.14. The lowest BCUT2D eigenvalue weighted by atomic mass is 10.0. The van der Waals surface area contributed by atoms with Crippen LogP contribution in [0.15, 0.2) is 0 Å². The molecule has 3 nitrogen and oxygen atoms in total. The number of unbranched alkanes of at least 4 members (excludes halogenated alkanes) is 17. The molecule has 0 spiro atoms. The quantitative estimate of drug-likeness (QED) is 0.216. The Kier molecular flexibility index (Phi) is 22.8. The van der Waals surface area contributed by atoms with Crippen molar-refractivity contribution in [2.24, 2.45) is 0 Å². The summed E-state index contributed by atoms with van der Waals surface area (Å²) in [7, 11) is 0. The second-order valence-electron chi connectivity index (χ2n) is 7.92. The number of hydrogen-bond acceptors (Lipinski definition) is 3. The van der Waals surface area contributed by atoms with Gasteiger partial charge in [-0.25, -0.2) is 0 Å². The largest absolute Gasteiger partial charge is 0.394 e. The zero-order valence-electron chi connectivity index (χ0n) is 17.7. The maximum absolute atomic E-state index is 9.13. The first kappa shape index (κ1) is 25.9. The molecule has 158 valence electrons. The average Bonchev–Trinajstić information content (AvgIpc) is 2.66. The van der Waals surface area contributed by atoms with Gasteiger partial charge < -0.3 is 14.9 Å². The molecule has 0 saturated carbocycles. The molecule has 0 aromatic rings. The van der Waals surface area contributed by atoms with E-state index in [-0.39, 0.29) is 13.2 Å². The summed E-state index contributed by atoms with van der Waals surface area (Å²) in [6.07, 6.45) is 24.2. The van der Waals surface area contributed by atoms with Crippen LogP contribution in [-0.4, -0.2) is 36.1 Å². The molecular formula is C23H48O3. The monoisotopic (exact) mass is 372 g/mol. The predicted octanol–water partition coefficient (Wildman–Crippen LogP) is 6.40. The molecule has 0 aromatic heterocycles. The average molecular weight is 373 g/mol. The van der Waals surface area contributed by atoms with Crippen LogP contribution in [0, 0.1) is 0 Å². The van der Waals surface area contributed by atoms with Gasteiger partial charge in [0.1, 0.15) is 6.10 Å². The SMILES string of the molecule is CCCCCCCCCCCCCCCCCCCCOC[C@H](O)CO. The van der Waals surface area contributed by atoms with E-state index in [2.05, 4.69) is 6.92 Å². The molecule has 26 heavy (non-hydrogen) atoms. The Labute approximate surface area is 163 Å². The molecule has 0 heterocycles. The molecule has 0 aliphatic carbocycles. The highest BCUT2D eigenvalue weighted by atomic mass is 16.5. The third kappa shape index (κ3) is 21.9. The van der Waals surface area contributed by atoms with Gasteiger partial charge in [-0.05, 0) is 6.42 Å². The van der Waals surface area contributed by atoms with Gasteiger partial charge >= 0.3 is 0 Å². The zero-order chi connectivity index (χ0) is 19.1. The van der Waals surface area contributed by atoms with Crippen LogP contribution in [0.5, 0.6) is 0 Å². The van der Waals surface area contributed by atoms with Crippen molar-refractivity contribution < 1.29 is 14.9 Å². The fraction of sp³-hybridized carbons (Fsp3) is 1.00. The molecule has 0 aromatic carbocycles. The lowest BCUT2D eigenvalue weighted by Gasteiger charge is -2.08. The molecule has 1 atom stereocenters. The normalized spacial score (nSPS) is 12.6. The Balaban J connectivity index is 2.99. The minimum Gasteiger partial charge on any atom is -0.394 e. The summed E-state index contributed by atoms with van der Waals surface area (Å²) >= 11 is 0. The van der Waals surface area contributed by atoms with Gasteiger partial charge in [-0.3, -0.25) is 0 Å². The summed E-state index contributed by atoms with van der Waals surface area (Å²) in [5.41, 5.74) is 0. The smallest absolute Gasteiger partial charge is 0.100 e. The lowest BCUT2D eigenvalue weighted by Crippen LogP contribution is -2.19. The van der Waals surface area contributed by atoms with Crippen LogP contribution < -0.4 is 0 Å². The minimum absolute atomic E-state index is 0.209. The Hall–Kier alpha value is -0.120. The van der Waals surface area contributed by atoms with Gasteiger partial charge in [0.25, 0.3) is 0 Å². The Morgan fingerprint density at radius 3 is 1.27 bits per heavy atom. The second-order valence-corrected chi connectivity index (χ2v) is 7.92. The first-order valence-electron chi connectivity index (χ1n) is 11.7. The van der Waals surface area contributed by atoms with Gasteiger partial charge in [0.2, 0.25) is 0 Å². The molecule has 0 rings (SSSR count). The number of rotatable bonds is 22. The third-order valence-corrected chi connectivity index (χ3v) is 5.16. The summed E-state index contributed by atoms with van der Waals surface area (Å²) < 4.78 is 5.31. The minimum atomic E-state index is -0.717. The van der Waals surface area contributed by atoms with E-state index in [0.29, 0.717) is 6.61 Å². The molecule has 0 aliphatic heterocycles. The Bertz CT molecular complexity index is 246. The second kappa shape index (κ2) is 22.9.